The van der Waals surface area contributed by atoms with Crippen LogP contribution in [0.5, 0.6) is 0 Å². The molecule has 0 heterocycles. The van der Waals surface area contributed by atoms with E-state index in [1.165, 1.54) is 0 Å². The molecule has 0 saturated heterocycles. The monoisotopic (exact) mass is 487 g/mol. The highest BCUT2D eigenvalue weighted by Gasteiger charge is 2.10. The molecule has 2 rings (SSSR count). The molecule has 0 aliphatic heterocycles. The summed E-state index contributed by atoms with van der Waals surface area (Å²) in [5.41, 5.74) is 2.88. The zero-order valence-corrected chi connectivity index (χ0v) is 16.8. The molecular weight excluding hydrogens is 469 g/mol. The summed E-state index contributed by atoms with van der Waals surface area (Å²) in [6.07, 6.45) is 0.224. The van der Waals surface area contributed by atoms with Gasteiger partial charge >= 0.3 is 0 Å². The Hall–Kier alpha value is -0.920. The summed E-state index contributed by atoms with van der Waals surface area (Å²) in [5, 5.41) is 2.96. The summed E-state index contributed by atoms with van der Waals surface area (Å²) >= 11 is 5.57. The lowest BCUT2D eigenvalue weighted by molar-refractivity contribution is 0.0657. The van der Waals surface area contributed by atoms with Gasteiger partial charge in [-0.05, 0) is 65.8 Å². The summed E-state index contributed by atoms with van der Waals surface area (Å²) in [4.78, 5) is 12.3. The molecule has 0 saturated carbocycles. The van der Waals surface area contributed by atoms with E-state index < -0.39 is 0 Å². The molecule has 122 valence electrons. The molecule has 1 N–H and O–H groups in total. The normalized spacial score (nSPS) is 10.8. The molecule has 0 aromatic heterocycles. The summed E-state index contributed by atoms with van der Waals surface area (Å²) in [6.45, 7) is 5.16. The Morgan fingerprint density at radius 1 is 1.17 bits per heavy atom. The molecule has 0 spiro atoms. The van der Waals surface area contributed by atoms with Crippen LogP contribution in [0.15, 0.2) is 46.9 Å². The maximum atomic E-state index is 12.3. The van der Waals surface area contributed by atoms with Gasteiger partial charge in [0.2, 0.25) is 0 Å². The number of benzene rings is 2. The average molecular weight is 488 g/mol. The second-order valence-electron chi connectivity index (χ2n) is 5.48. The minimum absolute atomic E-state index is 0.0667. The minimum atomic E-state index is -0.0667. The number of carbonyl (C=O) groups excluding carboxylic acids is 1. The van der Waals surface area contributed by atoms with Gasteiger partial charge in [0.1, 0.15) is 0 Å². The van der Waals surface area contributed by atoms with Gasteiger partial charge < -0.3 is 10.1 Å². The van der Waals surface area contributed by atoms with Crippen molar-refractivity contribution >= 4 is 44.4 Å². The number of nitrogens with one attached hydrogen (secondary N) is 1. The van der Waals surface area contributed by atoms with Crippen LogP contribution in [-0.2, 0) is 17.9 Å². The Morgan fingerprint density at radius 2 is 1.83 bits per heavy atom. The second kappa shape index (κ2) is 8.80. The third kappa shape index (κ3) is 5.90. The van der Waals surface area contributed by atoms with Crippen molar-refractivity contribution in [1.82, 2.24) is 5.32 Å². The van der Waals surface area contributed by atoms with Crippen molar-refractivity contribution in [3.8, 4) is 0 Å². The summed E-state index contributed by atoms with van der Waals surface area (Å²) in [7, 11) is 0. The van der Waals surface area contributed by atoms with Crippen LogP contribution in [-0.4, -0.2) is 12.0 Å². The Balaban J connectivity index is 1.92. The van der Waals surface area contributed by atoms with Gasteiger partial charge in [-0.1, -0.05) is 40.2 Å². The number of ether oxygens (including phenoxy) is 1. The van der Waals surface area contributed by atoms with E-state index in [4.69, 9.17) is 4.74 Å². The van der Waals surface area contributed by atoms with Crippen molar-refractivity contribution in [2.45, 2.75) is 33.1 Å². The zero-order valence-electron chi connectivity index (χ0n) is 13.1. The first-order chi connectivity index (χ1) is 11.0. The summed E-state index contributed by atoms with van der Waals surface area (Å²) in [5.74, 6) is -0.0667. The van der Waals surface area contributed by atoms with Crippen molar-refractivity contribution in [2.24, 2.45) is 0 Å². The van der Waals surface area contributed by atoms with Gasteiger partial charge in [0.15, 0.2) is 0 Å². The highest BCUT2D eigenvalue weighted by atomic mass is 127. The number of hydrogen-bond acceptors (Lipinski definition) is 2. The molecule has 3 nitrogen and oxygen atoms in total. The van der Waals surface area contributed by atoms with E-state index in [9.17, 15) is 4.79 Å². The molecular formula is C18H19BrINO2. The fourth-order valence-corrected chi connectivity index (χ4v) is 2.91. The first-order valence-corrected chi connectivity index (χ1v) is 9.25. The molecule has 0 fully saturated rings. The van der Waals surface area contributed by atoms with Gasteiger partial charge in [-0.3, -0.25) is 4.79 Å². The minimum Gasteiger partial charge on any atom is -0.374 e. The quantitative estimate of drug-likeness (QED) is 0.588. The molecule has 0 unspecified atom stereocenters. The smallest absolute Gasteiger partial charge is 0.252 e. The zero-order chi connectivity index (χ0) is 16.8. The Labute approximate surface area is 159 Å². The standard InChI is InChI=1S/C18H19BrINO2/c1-12(2)23-11-14-5-3-13(4-6-14)10-21-18(22)16-9-15(19)7-8-17(16)20/h3-9,12H,10-11H2,1-2H3,(H,21,22). The summed E-state index contributed by atoms with van der Waals surface area (Å²) in [6, 6.07) is 13.8. The number of rotatable bonds is 6. The molecule has 0 atom stereocenters. The van der Waals surface area contributed by atoms with E-state index in [-0.39, 0.29) is 12.0 Å². The lowest BCUT2D eigenvalue weighted by Gasteiger charge is -2.10. The summed E-state index contributed by atoms with van der Waals surface area (Å²) < 4.78 is 7.41. The average Bonchev–Trinajstić information content (AvgIpc) is 2.53. The molecule has 0 radical (unpaired) electrons. The van der Waals surface area contributed by atoms with Crippen LogP contribution < -0.4 is 5.32 Å². The predicted octanol–water partition coefficient (Wildman–Crippen LogP) is 4.91. The number of hydrogen-bond donors (Lipinski definition) is 1. The van der Waals surface area contributed by atoms with Gasteiger partial charge in [0, 0.05) is 14.6 Å². The lowest BCUT2D eigenvalue weighted by atomic mass is 10.1. The Bertz CT molecular complexity index is 671. The first kappa shape index (κ1) is 18.4. The Kier molecular flexibility index (Phi) is 7.05. The van der Waals surface area contributed by atoms with Crippen LogP contribution in [0.4, 0.5) is 0 Å². The van der Waals surface area contributed by atoms with Crippen molar-refractivity contribution in [1.29, 1.82) is 0 Å². The van der Waals surface area contributed by atoms with Gasteiger partial charge in [-0.25, -0.2) is 0 Å². The SMILES string of the molecule is CC(C)OCc1ccc(CNC(=O)c2cc(Br)ccc2I)cc1. The van der Waals surface area contributed by atoms with Crippen LogP contribution in [0, 0.1) is 3.57 Å². The third-order valence-corrected chi connectivity index (χ3v) is 4.67. The topological polar surface area (TPSA) is 38.3 Å². The number of carbonyl (C=O) groups is 1. The predicted molar refractivity (Wildman–Crippen MR) is 104 cm³/mol. The van der Waals surface area contributed by atoms with E-state index in [0.29, 0.717) is 18.7 Å². The Morgan fingerprint density at radius 3 is 2.48 bits per heavy atom. The maximum absolute atomic E-state index is 12.3. The van der Waals surface area contributed by atoms with Crippen molar-refractivity contribution in [3.05, 3.63) is 67.2 Å². The molecule has 2 aromatic carbocycles. The maximum Gasteiger partial charge on any atom is 0.252 e. The molecule has 5 heteroatoms. The second-order valence-corrected chi connectivity index (χ2v) is 7.56. The van der Waals surface area contributed by atoms with Gasteiger partial charge in [0.25, 0.3) is 5.91 Å². The molecule has 1 amide bonds. The van der Waals surface area contributed by atoms with Crippen LogP contribution in [0.3, 0.4) is 0 Å². The molecule has 0 bridgehead atoms. The van der Waals surface area contributed by atoms with E-state index >= 15 is 0 Å². The van der Waals surface area contributed by atoms with Crippen molar-refractivity contribution < 1.29 is 9.53 Å². The van der Waals surface area contributed by atoms with Crippen molar-refractivity contribution in [3.63, 3.8) is 0 Å². The highest BCUT2D eigenvalue weighted by Crippen LogP contribution is 2.18. The number of amides is 1. The molecule has 0 aliphatic carbocycles. The fraction of sp³-hybridized carbons (Fsp3) is 0.278. The number of halogens is 2. The molecule has 2 aromatic rings. The van der Waals surface area contributed by atoms with Gasteiger partial charge in [0.05, 0.1) is 18.3 Å². The lowest BCUT2D eigenvalue weighted by Crippen LogP contribution is -2.23. The fourth-order valence-electron chi connectivity index (χ4n) is 1.97. The van der Waals surface area contributed by atoms with Crippen LogP contribution in [0.2, 0.25) is 0 Å². The third-order valence-electron chi connectivity index (χ3n) is 3.23. The van der Waals surface area contributed by atoms with Crippen LogP contribution >= 0.6 is 38.5 Å². The van der Waals surface area contributed by atoms with E-state index in [1.54, 1.807) is 0 Å². The van der Waals surface area contributed by atoms with Gasteiger partial charge in [-0.15, -0.1) is 0 Å². The van der Waals surface area contributed by atoms with E-state index in [0.717, 1.165) is 19.2 Å². The highest BCUT2D eigenvalue weighted by molar-refractivity contribution is 14.1. The first-order valence-electron chi connectivity index (χ1n) is 7.38. The molecule has 23 heavy (non-hydrogen) atoms. The van der Waals surface area contributed by atoms with Gasteiger partial charge in [-0.2, -0.15) is 0 Å². The van der Waals surface area contributed by atoms with Crippen LogP contribution in [0.1, 0.15) is 35.3 Å². The van der Waals surface area contributed by atoms with Crippen LogP contribution in [0.25, 0.3) is 0 Å². The van der Waals surface area contributed by atoms with E-state index in [2.05, 4.69) is 43.8 Å². The van der Waals surface area contributed by atoms with E-state index in [1.807, 2.05) is 56.3 Å². The molecule has 0 aliphatic rings. The van der Waals surface area contributed by atoms with Crippen molar-refractivity contribution in [2.75, 3.05) is 0 Å². The largest absolute Gasteiger partial charge is 0.374 e.